The maximum absolute atomic E-state index is 12.1. The second-order valence-corrected chi connectivity index (χ2v) is 4.57. The molecule has 0 amide bonds. The van der Waals surface area contributed by atoms with Gasteiger partial charge in [-0.3, -0.25) is 10.1 Å². The molecular formula is C8H3F3N2O5S. The Kier molecular flexibility index (Phi) is 3.66. The zero-order valence-corrected chi connectivity index (χ0v) is 9.53. The molecule has 19 heavy (non-hydrogen) atoms. The van der Waals surface area contributed by atoms with E-state index < -0.39 is 32.0 Å². The van der Waals surface area contributed by atoms with E-state index in [1.165, 1.54) is 6.07 Å². The van der Waals surface area contributed by atoms with E-state index in [-0.39, 0.29) is 5.56 Å². The van der Waals surface area contributed by atoms with Crippen molar-refractivity contribution in [1.82, 2.24) is 0 Å². The van der Waals surface area contributed by atoms with Gasteiger partial charge < -0.3 is 4.18 Å². The van der Waals surface area contributed by atoms with E-state index in [4.69, 9.17) is 5.26 Å². The summed E-state index contributed by atoms with van der Waals surface area (Å²) in [5, 5.41) is 19.1. The van der Waals surface area contributed by atoms with Crippen LogP contribution in [0.15, 0.2) is 18.2 Å². The number of nitrogens with zero attached hydrogens (tertiary/aromatic N) is 2. The number of nitro groups is 1. The molecule has 0 N–H and O–H groups in total. The van der Waals surface area contributed by atoms with Gasteiger partial charge in [0.25, 0.3) is 0 Å². The molecule has 1 rings (SSSR count). The molecule has 0 aliphatic heterocycles. The summed E-state index contributed by atoms with van der Waals surface area (Å²) >= 11 is 0. The Bertz CT molecular complexity index is 662. The molecule has 0 atom stereocenters. The molecule has 0 saturated heterocycles. The summed E-state index contributed by atoms with van der Waals surface area (Å²) in [6.45, 7) is 0. The average Bonchev–Trinajstić information content (AvgIpc) is 2.27. The van der Waals surface area contributed by atoms with E-state index in [0.29, 0.717) is 12.1 Å². The van der Waals surface area contributed by atoms with Crippen LogP contribution in [0.5, 0.6) is 5.75 Å². The number of hydrogen-bond donors (Lipinski definition) is 0. The molecule has 0 aliphatic rings. The van der Waals surface area contributed by atoms with E-state index in [2.05, 4.69) is 4.18 Å². The minimum atomic E-state index is -6.01. The molecule has 0 radical (unpaired) electrons. The van der Waals surface area contributed by atoms with Gasteiger partial charge in [-0.2, -0.15) is 26.9 Å². The van der Waals surface area contributed by atoms with Gasteiger partial charge in [-0.15, -0.1) is 0 Å². The summed E-state index contributed by atoms with van der Waals surface area (Å²) in [4.78, 5) is 9.40. The molecule has 0 unspecified atom stereocenters. The fourth-order valence-electron chi connectivity index (χ4n) is 0.966. The van der Waals surface area contributed by atoms with Gasteiger partial charge in [0.1, 0.15) is 0 Å². The number of halogens is 3. The summed E-state index contributed by atoms with van der Waals surface area (Å²) in [5.41, 5.74) is -7.01. The summed E-state index contributed by atoms with van der Waals surface area (Å²) in [5.74, 6) is -1.12. The maximum Gasteiger partial charge on any atom is 0.534 e. The van der Waals surface area contributed by atoms with Gasteiger partial charge in [-0.1, -0.05) is 0 Å². The quantitative estimate of drug-likeness (QED) is 0.363. The Balaban J connectivity index is 3.31. The van der Waals surface area contributed by atoms with Crippen LogP contribution in [-0.4, -0.2) is 18.8 Å². The summed E-state index contributed by atoms with van der Waals surface area (Å²) in [7, 11) is -6.01. The Labute approximate surface area is 104 Å². The highest BCUT2D eigenvalue weighted by atomic mass is 32.2. The molecule has 0 heterocycles. The number of rotatable bonds is 3. The summed E-state index contributed by atoms with van der Waals surface area (Å²) < 4.78 is 61.3. The van der Waals surface area contributed by atoms with Crippen molar-refractivity contribution in [3.63, 3.8) is 0 Å². The van der Waals surface area contributed by atoms with Crippen molar-refractivity contribution in [3.05, 3.63) is 33.9 Å². The van der Waals surface area contributed by atoms with Crippen LogP contribution in [0.4, 0.5) is 18.9 Å². The smallest absolute Gasteiger partial charge is 0.369 e. The molecule has 1 aromatic carbocycles. The summed E-state index contributed by atoms with van der Waals surface area (Å²) in [6, 6.07) is 3.59. The molecular weight excluding hydrogens is 293 g/mol. The van der Waals surface area contributed by atoms with E-state index in [9.17, 15) is 31.7 Å². The first-order valence-corrected chi connectivity index (χ1v) is 5.68. The lowest BCUT2D eigenvalue weighted by Gasteiger charge is -2.09. The van der Waals surface area contributed by atoms with Crippen molar-refractivity contribution in [1.29, 1.82) is 5.26 Å². The zero-order valence-electron chi connectivity index (χ0n) is 8.71. The lowest BCUT2D eigenvalue weighted by molar-refractivity contribution is -0.385. The lowest BCUT2D eigenvalue weighted by Crippen LogP contribution is -2.28. The number of hydrogen-bond acceptors (Lipinski definition) is 6. The van der Waals surface area contributed by atoms with Gasteiger partial charge in [0.15, 0.2) is 0 Å². The maximum atomic E-state index is 12.1. The highest BCUT2D eigenvalue weighted by Gasteiger charge is 2.49. The molecule has 1 aromatic rings. The molecule has 0 fully saturated rings. The number of nitro benzene ring substituents is 1. The molecule has 0 bridgehead atoms. The Hall–Kier alpha value is -2.35. The topological polar surface area (TPSA) is 110 Å². The van der Waals surface area contributed by atoms with Crippen LogP contribution in [0.2, 0.25) is 0 Å². The van der Waals surface area contributed by atoms with Crippen LogP contribution >= 0.6 is 0 Å². The highest BCUT2D eigenvalue weighted by molar-refractivity contribution is 7.88. The van der Waals surface area contributed by atoms with E-state index in [1.54, 1.807) is 0 Å². The van der Waals surface area contributed by atoms with Crippen molar-refractivity contribution >= 4 is 15.8 Å². The van der Waals surface area contributed by atoms with E-state index in [1.807, 2.05) is 0 Å². The molecule has 0 spiro atoms. The average molecular weight is 296 g/mol. The van der Waals surface area contributed by atoms with Gasteiger partial charge in [-0.25, -0.2) is 0 Å². The van der Waals surface area contributed by atoms with Crippen LogP contribution in [0.1, 0.15) is 5.56 Å². The standard InChI is InChI=1S/C8H3F3N2O5S/c9-8(10,11)19(16,17)18-7-2-1-5(4-12)3-6(7)13(14)15/h1-3H. The van der Waals surface area contributed by atoms with Crippen LogP contribution in [-0.2, 0) is 10.1 Å². The first-order valence-electron chi connectivity index (χ1n) is 4.28. The predicted molar refractivity (Wildman–Crippen MR) is 53.4 cm³/mol. The molecule has 102 valence electrons. The number of nitriles is 1. The van der Waals surface area contributed by atoms with Crippen molar-refractivity contribution < 1.29 is 30.7 Å². The number of benzene rings is 1. The fraction of sp³-hybridized carbons (Fsp3) is 0.125. The van der Waals surface area contributed by atoms with Crippen molar-refractivity contribution in [3.8, 4) is 11.8 Å². The minimum absolute atomic E-state index is 0.233. The molecule has 0 aromatic heterocycles. The molecule has 0 aliphatic carbocycles. The van der Waals surface area contributed by atoms with Gasteiger partial charge in [0, 0.05) is 6.07 Å². The van der Waals surface area contributed by atoms with Crippen LogP contribution in [0.25, 0.3) is 0 Å². The molecule has 0 saturated carbocycles. The monoisotopic (exact) mass is 296 g/mol. The SMILES string of the molecule is N#Cc1ccc(OS(=O)(=O)C(F)(F)F)c([N+](=O)[O-])c1. The van der Waals surface area contributed by atoms with Crippen LogP contribution in [0.3, 0.4) is 0 Å². The second kappa shape index (κ2) is 4.73. The molecule has 11 heteroatoms. The normalized spacial score (nSPS) is 11.7. The number of alkyl halides is 3. The van der Waals surface area contributed by atoms with Crippen molar-refractivity contribution in [2.75, 3.05) is 0 Å². The fourth-order valence-corrected chi connectivity index (χ4v) is 1.44. The van der Waals surface area contributed by atoms with Gasteiger partial charge in [-0.05, 0) is 12.1 Å². The molecule has 7 nitrogen and oxygen atoms in total. The third-order valence-corrected chi connectivity index (χ3v) is 2.73. The largest absolute Gasteiger partial charge is 0.534 e. The Morgan fingerprint density at radius 3 is 2.37 bits per heavy atom. The first-order chi connectivity index (χ1) is 8.58. The predicted octanol–water partition coefficient (Wildman–Crippen LogP) is 1.69. The summed E-state index contributed by atoms with van der Waals surface area (Å²) in [6.07, 6.45) is 0. The van der Waals surface area contributed by atoms with Crippen LogP contribution in [0, 0.1) is 21.4 Å². The van der Waals surface area contributed by atoms with Crippen molar-refractivity contribution in [2.24, 2.45) is 0 Å². The second-order valence-electron chi connectivity index (χ2n) is 3.03. The van der Waals surface area contributed by atoms with E-state index >= 15 is 0 Å². The Morgan fingerprint density at radius 2 is 1.95 bits per heavy atom. The minimum Gasteiger partial charge on any atom is -0.369 e. The highest BCUT2D eigenvalue weighted by Crippen LogP contribution is 2.33. The van der Waals surface area contributed by atoms with Crippen molar-refractivity contribution in [2.45, 2.75) is 5.51 Å². The van der Waals surface area contributed by atoms with Gasteiger partial charge in [0.2, 0.25) is 5.75 Å². The first kappa shape index (κ1) is 14.7. The lowest BCUT2D eigenvalue weighted by atomic mass is 10.2. The van der Waals surface area contributed by atoms with Gasteiger partial charge >= 0.3 is 21.3 Å². The Morgan fingerprint density at radius 1 is 1.37 bits per heavy atom. The third kappa shape index (κ3) is 3.10. The van der Waals surface area contributed by atoms with Gasteiger partial charge in [0.05, 0.1) is 16.6 Å². The van der Waals surface area contributed by atoms with E-state index in [0.717, 1.165) is 6.07 Å². The van der Waals surface area contributed by atoms with Crippen LogP contribution < -0.4 is 4.18 Å². The zero-order chi connectivity index (χ0) is 14.8. The third-order valence-electron chi connectivity index (χ3n) is 1.77.